The highest BCUT2D eigenvalue weighted by atomic mass is 19.4. The largest absolute Gasteiger partial charge is 0.461 e. The summed E-state index contributed by atoms with van der Waals surface area (Å²) in [5, 5.41) is 0. The van der Waals surface area contributed by atoms with Gasteiger partial charge in [0.25, 0.3) is 0 Å². The molecule has 0 N–H and O–H groups in total. The lowest BCUT2D eigenvalue weighted by molar-refractivity contribution is -0.268. The number of ketones is 1. The average molecular weight is 244 g/mol. The van der Waals surface area contributed by atoms with Crippen molar-refractivity contribution in [1.29, 1.82) is 0 Å². The van der Waals surface area contributed by atoms with Crippen LogP contribution < -0.4 is 0 Å². The third-order valence-corrected chi connectivity index (χ3v) is 2.02. The van der Waals surface area contributed by atoms with E-state index in [0.29, 0.717) is 19.3 Å². The lowest BCUT2D eigenvalue weighted by atomic mass is 10.1. The molecule has 94 valence electrons. The summed E-state index contributed by atoms with van der Waals surface area (Å²) in [5.41, 5.74) is 0. The van der Waals surface area contributed by atoms with Gasteiger partial charge in [-0.3, -0.25) is 4.79 Å². The van der Waals surface area contributed by atoms with Crippen LogP contribution >= 0.6 is 0 Å². The highest BCUT2D eigenvalue weighted by Crippen LogP contribution is 2.37. The van der Waals surface area contributed by atoms with Crippen LogP contribution in [-0.2, 0) is 4.79 Å². The predicted octanol–water partition coefficient (Wildman–Crippen LogP) is 3.89. The van der Waals surface area contributed by atoms with Crippen LogP contribution in [0.25, 0.3) is 0 Å². The maximum atomic E-state index is 12.4. The van der Waals surface area contributed by atoms with E-state index in [1.807, 2.05) is 0 Å². The van der Waals surface area contributed by atoms with E-state index in [-0.39, 0.29) is 6.42 Å². The van der Waals surface area contributed by atoms with Crippen molar-refractivity contribution >= 4 is 5.78 Å². The molecule has 0 aliphatic rings. The zero-order chi connectivity index (χ0) is 12.8. The summed E-state index contributed by atoms with van der Waals surface area (Å²) in [6, 6.07) is 0. The molecule has 1 nitrogen and oxygen atoms in total. The van der Waals surface area contributed by atoms with Crippen molar-refractivity contribution in [3.63, 3.8) is 0 Å². The Bertz CT molecular complexity index is 244. The summed E-state index contributed by atoms with van der Waals surface area (Å²) in [6.07, 6.45) is -3.15. The first-order valence-electron chi connectivity index (χ1n) is 4.82. The van der Waals surface area contributed by atoms with Gasteiger partial charge in [0.2, 0.25) is 5.78 Å². The minimum absolute atomic E-state index is 0.0400. The highest BCUT2D eigenvalue weighted by molar-refractivity contribution is 5.86. The molecule has 0 aromatic carbocycles. The Labute approximate surface area is 90.3 Å². The summed E-state index contributed by atoms with van der Waals surface area (Å²) >= 11 is 0. The Kier molecular flexibility index (Phi) is 5.61. The van der Waals surface area contributed by atoms with E-state index in [9.17, 15) is 26.7 Å². The molecular weight excluding hydrogens is 231 g/mol. The first-order chi connectivity index (χ1) is 7.23. The summed E-state index contributed by atoms with van der Waals surface area (Å²) in [5.74, 6) is -7.27. The third kappa shape index (κ3) is 4.28. The van der Waals surface area contributed by atoms with Crippen molar-refractivity contribution in [2.45, 2.75) is 44.2 Å². The minimum Gasteiger partial charge on any atom is -0.293 e. The van der Waals surface area contributed by atoms with Gasteiger partial charge < -0.3 is 0 Å². The molecule has 0 aromatic rings. The van der Waals surface area contributed by atoms with E-state index < -0.39 is 24.3 Å². The molecule has 0 aromatic heterocycles. The lowest BCUT2D eigenvalue weighted by Gasteiger charge is -2.17. The maximum Gasteiger partial charge on any atom is 0.461 e. The van der Waals surface area contributed by atoms with E-state index in [1.165, 1.54) is 0 Å². The monoisotopic (exact) mass is 244 g/mol. The molecule has 0 aliphatic heterocycles. The van der Waals surface area contributed by atoms with Crippen molar-refractivity contribution in [2.24, 2.45) is 0 Å². The van der Waals surface area contributed by atoms with E-state index in [1.54, 1.807) is 6.08 Å². The van der Waals surface area contributed by atoms with Gasteiger partial charge in [0.05, 0.1) is 0 Å². The zero-order valence-corrected chi connectivity index (χ0v) is 8.62. The molecule has 0 spiro atoms. The van der Waals surface area contributed by atoms with Crippen molar-refractivity contribution in [3.05, 3.63) is 12.7 Å². The topological polar surface area (TPSA) is 17.1 Å². The molecule has 0 heterocycles. The Morgan fingerprint density at radius 1 is 1.06 bits per heavy atom. The molecule has 0 aliphatic carbocycles. The number of alkyl halides is 5. The minimum atomic E-state index is -5.79. The van der Waals surface area contributed by atoms with Gasteiger partial charge >= 0.3 is 12.1 Å². The van der Waals surface area contributed by atoms with Gasteiger partial charge in [-0.15, -0.1) is 6.58 Å². The third-order valence-electron chi connectivity index (χ3n) is 2.02. The smallest absolute Gasteiger partial charge is 0.293 e. The second kappa shape index (κ2) is 5.96. The number of rotatable bonds is 7. The lowest BCUT2D eigenvalue weighted by Crippen LogP contribution is -2.43. The van der Waals surface area contributed by atoms with Crippen molar-refractivity contribution in [2.75, 3.05) is 0 Å². The number of hydrogen-bond acceptors (Lipinski definition) is 1. The van der Waals surface area contributed by atoms with Gasteiger partial charge in [0.1, 0.15) is 0 Å². The number of halogens is 5. The number of carbonyl (C=O) groups excluding carboxylic acids is 1. The molecule has 0 bridgehead atoms. The Hall–Kier alpha value is -0.940. The van der Waals surface area contributed by atoms with Crippen LogP contribution in [-0.4, -0.2) is 17.9 Å². The van der Waals surface area contributed by atoms with Crippen LogP contribution in [0.2, 0.25) is 0 Å². The molecule has 0 rings (SSSR count). The van der Waals surface area contributed by atoms with Crippen molar-refractivity contribution in [1.82, 2.24) is 0 Å². The van der Waals surface area contributed by atoms with Crippen LogP contribution in [0.4, 0.5) is 22.0 Å². The van der Waals surface area contributed by atoms with Gasteiger partial charge in [0, 0.05) is 6.42 Å². The number of hydrogen-bond donors (Lipinski definition) is 0. The first kappa shape index (κ1) is 15.1. The van der Waals surface area contributed by atoms with E-state index in [2.05, 4.69) is 6.58 Å². The summed E-state index contributed by atoms with van der Waals surface area (Å²) < 4.78 is 60.0. The zero-order valence-electron chi connectivity index (χ0n) is 8.62. The number of allylic oxidation sites excluding steroid dienone is 1. The quantitative estimate of drug-likeness (QED) is 0.377. The fourth-order valence-electron chi connectivity index (χ4n) is 1.07. The number of carbonyl (C=O) groups is 1. The van der Waals surface area contributed by atoms with Crippen LogP contribution in [0.1, 0.15) is 32.1 Å². The molecule has 16 heavy (non-hydrogen) atoms. The average Bonchev–Trinajstić information content (AvgIpc) is 2.15. The molecule has 0 unspecified atom stereocenters. The fourth-order valence-corrected chi connectivity index (χ4v) is 1.07. The molecule has 6 heteroatoms. The second-order valence-corrected chi connectivity index (χ2v) is 3.38. The molecule has 0 amide bonds. The molecule has 0 saturated heterocycles. The van der Waals surface area contributed by atoms with Crippen LogP contribution in [0.5, 0.6) is 0 Å². The highest BCUT2D eigenvalue weighted by Gasteiger charge is 2.62. The van der Waals surface area contributed by atoms with Gasteiger partial charge in [0.15, 0.2) is 0 Å². The van der Waals surface area contributed by atoms with Crippen molar-refractivity contribution in [3.8, 4) is 0 Å². The molecular formula is C10H13F5O. The summed E-state index contributed by atoms with van der Waals surface area (Å²) in [7, 11) is 0. The predicted molar refractivity (Wildman–Crippen MR) is 49.3 cm³/mol. The summed E-state index contributed by atoms with van der Waals surface area (Å²) in [4.78, 5) is 10.7. The maximum absolute atomic E-state index is 12.4. The Morgan fingerprint density at radius 2 is 1.62 bits per heavy atom. The summed E-state index contributed by atoms with van der Waals surface area (Å²) in [6.45, 7) is 3.43. The van der Waals surface area contributed by atoms with Gasteiger partial charge in [-0.1, -0.05) is 12.5 Å². The van der Waals surface area contributed by atoms with Gasteiger partial charge in [-0.25, -0.2) is 0 Å². The van der Waals surface area contributed by atoms with Crippen LogP contribution in [0.3, 0.4) is 0 Å². The molecule has 0 radical (unpaired) electrons. The SMILES string of the molecule is C=CCCCCCC(=O)C(F)(F)C(F)(F)F. The Morgan fingerprint density at radius 3 is 2.06 bits per heavy atom. The van der Waals surface area contributed by atoms with Crippen LogP contribution in [0.15, 0.2) is 12.7 Å². The number of unbranched alkanes of at least 4 members (excludes halogenated alkanes) is 3. The van der Waals surface area contributed by atoms with Crippen LogP contribution in [0, 0.1) is 0 Å². The first-order valence-corrected chi connectivity index (χ1v) is 4.82. The van der Waals surface area contributed by atoms with Gasteiger partial charge in [-0.2, -0.15) is 22.0 Å². The number of Topliss-reactive ketones (excluding diaryl/α,β-unsaturated/α-hetero) is 1. The Balaban J connectivity index is 4.02. The standard InChI is InChI=1S/C10H13F5O/c1-2-3-4-5-6-7-8(16)9(11,12)10(13,14)15/h2H,1,3-7H2. The van der Waals surface area contributed by atoms with E-state index in [0.717, 1.165) is 0 Å². The molecule has 0 saturated carbocycles. The second-order valence-electron chi connectivity index (χ2n) is 3.38. The normalized spacial score (nSPS) is 12.6. The van der Waals surface area contributed by atoms with E-state index >= 15 is 0 Å². The molecule has 0 fully saturated rings. The van der Waals surface area contributed by atoms with E-state index in [4.69, 9.17) is 0 Å². The fraction of sp³-hybridized carbons (Fsp3) is 0.700. The van der Waals surface area contributed by atoms with Crippen molar-refractivity contribution < 1.29 is 26.7 Å². The molecule has 0 atom stereocenters. The van der Waals surface area contributed by atoms with Gasteiger partial charge in [-0.05, 0) is 19.3 Å².